The number of halogens is 1. The Morgan fingerprint density at radius 3 is 2.71 bits per heavy atom. The van der Waals surface area contributed by atoms with Crippen LogP contribution in [0.25, 0.3) is 0 Å². The van der Waals surface area contributed by atoms with Crippen molar-refractivity contribution in [3.8, 4) is 5.75 Å². The molecule has 134 valence electrons. The number of alkyl halides is 2. The maximum atomic E-state index is 12.9. The summed E-state index contributed by atoms with van der Waals surface area (Å²) >= 11 is -0.162. The number of hydrogen-bond acceptors (Lipinski definition) is 4. The maximum absolute atomic E-state index is 12.9. The summed E-state index contributed by atoms with van der Waals surface area (Å²) in [4.78, 5) is 15.1. The Kier molecular flexibility index (Phi) is 4.97. The van der Waals surface area contributed by atoms with Gasteiger partial charge in [0.05, 0.1) is 0 Å². The number of rotatable bonds is 4. The van der Waals surface area contributed by atoms with Crippen LogP contribution in [0.5, 0.6) is 5.75 Å². The Bertz CT molecular complexity index is 649. The molecule has 0 heterocycles. The SMILES string of the molecule is CCC12CC(=O)C([I-]C)CC1(OC)C(N)Cc1ccc(OC)cc12. The number of methoxy groups -OCH3 is 2. The number of benzene rings is 1. The van der Waals surface area contributed by atoms with Crippen LogP contribution in [-0.2, 0) is 21.4 Å². The van der Waals surface area contributed by atoms with Crippen LogP contribution < -0.4 is 31.7 Å². The number of fused-ring (bicyclic) bond motifs is 3. The van der Waals surface area contributed by atoms with Crippen LogP contribution in [0.15, 0.2) is 18.2 Å². The van der Waals surface area contributed by atoms with Crippen molar-refractivity contribution in [3.05, 3.63) is 29.3 Å². The number of carbonyl (C=O) groups excluding carboxylic acids is 1. The summed E-state index contributed by atoms with van der Waals surface area (Å²) in [5.41, 5.74) is 8.31. The van der Waals surface area contributed by atoms with Gasteiger partial charge in [-0.2, -0.15) is 0 Å². The number of nitrogens with two attached hydrogens (primary N) is 1. The molecule has 1 aromatic rings. The van der Waals surface area contributed by atoms with Crippen molar-refractivity contribution in [2.45, 2.75) is 53.6 Å². The molecule has 2 aliphatic rings. The number of carbonyl (C=O) groups is 1. The minimum absolute atomic E-state index is 0.0884. The van der Waals surface area contributed by atoms with Crippen LogP contribution in [0.3, 0.4) is 0 Å². The molecule has 4 atom stereocenters. The van der Waals surface area contributed by atoms with Crippen LogP contribution in [0.1, 0.15) is 37.3 Å². The zero-order valence-corrected chi connectivity index (χ0v) is 17.1. The zero-order valence-electron chi connectivity index (χ0n) is 14.9. The van der Waals surface area contributed by atoms with E-state index in [2.05, 4.69) is 24.0 Å². The van der Waals surface area contributed by atoms with Crippen molar-refractivity contribution in [3.63, 3.8) is 0 Å². The van der Waals surface area contributed by atoms with E-state index in [0.29, 0.717) is 12.2 Å². The number of ether oxygens (including phenoxy) is 2. The molecule has 2 N–H and O–H groups in total. The second-order valence-corrected chi connectivity index (χ2v) is 9.65. The molecule has 1 aromatic carbocycles. The van der Waals surface area contributed by atoms with Gasteiger partial charge in [0.25, 0.3) is 0 Å². The molecule has 4 unspecified atom stereocenters. The molecule has 0 spiro atoms. The van der Waals surface area contributed by atoms with E-state index in [0.717, 1.165) is 25.0 Å². The first kappa shape index (κ1) is 18.1. The fraction of sp³-hybridized carbons (Fsp3) is 0.632. The van der Waals surface area contributed by atoms with Crippen LogP contribution in [-0.4, -0.2) is 40.5 Å². The summed E-state index contributed by atoms with van der Waals surface area (Å²) in [6.07, 6.45) is 2.92. The van der Waals surface area contributed by atoms with Gasteiger partial charge in [-0.15, -0.1) is 0 Å². The molecular formula is C19H27INO3-. The van der Waals surface area contributed by atoms with Gasteiger partial charge in [0.1, 0.15) is 0 Å². The van der Waals surface area contributed by atoms with Crippen molar-refractivity contribution in [2.24, 2.45) is 5.73 Å². The van der Waals surface area contributed by atoms with Crippen LogP contribution in [0, 0.1) is 0 Å². The molecule has 3 rings (SSSR count). The fourth-order valence-electron chi connectivity index (χ4n) is 4.91. The molecule has 0 radical (unpaired) electrons. The molecule has 0 saturated heterocycles. The van der Waals surface area contributed by atoms with E-state index in [-0.39, 0.29) is 36.6 Å². The summed E-state index contributed by atoms with van der Waals surface area (Å²) in [5.74, 6) is 1.22. The molecule has 4 nitrogen and oxygen atoms in total. The molecular weight excluding hydrogens is 417 g/mol. The average molecular weight is 444 g/mol. The molecule has 0 aromatic heterocycles. The van der Waals surface area contributed by atoms with Gasteiger partial charge in [-0.05, 0) is 0 Å². The normalized spacial score (nSPS) is 35.5. The summed E-state index contributed by atoms with van der Waals surface area (Å²) < 4.78 is 11.8. The quantitative estimate of drug-likeness (QED) is 0.482. The monoisotopic (exact) mass is 444 g/mol. The van der Waals surface area contributed by atoms with Gasteiger partial charge in [0.2, 0.25) is 0 Å². The molecule has 2 aliphatic carbocycles. The summed E-state index contributed by atoms with van der Waals surface area (Å²) in [6, 6.07) is 6.11. The first-order valence-electron chi connectivity index (χ1n) is 8.47. The molecule has 0 amide bonds. The molecule has 1 saturated carbocycles. The molecule has 0 aliphatic heterocycles. The minimum atomic E-state index is -0.463. The van der Waals surface area contributed by atoms with Gasteiger partial charge in [-0.3, -0.25) is 0 Å². The Morgan fingerprint density at radius 2 is 2.12 bits per heavy atom. The van der Waals surface area contributed by atoms with Gasteiger partial charge in [0.15, 0.2) is 0 Å². The van der Waals surface area contributed by atoms with Crippen molar-refractivity contribution in [1.82, 2.24) is 0 Å². The average Bonchev–Trinajstić information content (AvgIpc) is 2.61. The van der Waals surface area contributed by atoms with E-state index in [1.54, 1.807) is 14.2 Å². The van der Waals surface area contributed by atoms with Crippen LogP contribution in [0.2, 0.25) is 0 Å². The van der Waals surface area contributed by atoms with E-state index in [9.17, 15) is 4.79 Å². The second kappa shape index (κ2) is 6.57. The second-order valence-electron chi connectivity index (χ2n) is 6.90. The summed E-state index contributed by atoms with van der Waals surface area (Å²) in [6.45, 7) is 2.16. The van der Waals surface area contributed by atoms with E-state index in [4.69, 9.17) is 15.2 Å². The Morgan fingerprint density at radius 1 is 1.38 bits per heavy atom. The van der Waals surface area contributed by atoms with Crippen LogP contribution in [0.4, 0.5) is 0 Å². The molecule has 1 fully saturated rings. The third-order valence-electron chi connectivity index (χ3n) is 6.22. The fourth-order valence-corrected chi connectivity index (χ4v) is 6.92. The van der Waals surface area contributed by atoms with E-state index in [1.165, 1.54) is 11.1 Å². The molecule has 24 heavy (non-hydrogen) atoms. The third-order valence-corrected chi connectivity index (χ3v) is 8.86. The van der Waals surface area contributed by atoms with E-state index in [1.807, 2.05) is 6.07 Å². The number of ketones is 1. The summed E-state index contributed by atoms with van der Waals surface area (Å²) in [5, 5.41) is 0. The van der Waals surface area contributed by atoms with Crippen LogP contribution >= 0.6 is 0 Å². The zero-order chi connectivity index (χ0) is 17.5. The number of Topliss-reactive ketones (excluding diaryl/α,β-unsaturated/α-hetero) is 1. The van der Waals surface area contributed by atoms with E-state index >= 15 is 0 Å². The Hall–Kier alpha value is -0.660. The van der Waals surface area contributed by atoms with E-state index < -0.39 is 5.60 Å². The van der Waals surface area contributed by atoms with Crippen molar-refractivity contribution < 1.29 is 35.5 Å². The van der Waals surface area contributed by atoms with Gasteiger partial charge in [-0.1, -0.05) is 0 Å². The first-order chi connectivity index (χ1) is 11.5. The van der Waals surface area contributed by atoms with Crippen molar-refractivity contribution in [1.29, 1.82) is 0 Å². The number of hydrogen-bond donors (Lipinski definition) is 1. The molecule has 5 heteroatoms. The predicted molar refractivity (Wildman–Crippen MR) is 90.3 cm³/mol. The van der Waals surface area contributed by atoms with Gasteiger partial charge < -0.3 is 0 Å². The predicted octanol–water partition coefficient (Wildman–Crippen LogP) is -0.938. The third kappa shape index (κ3) is 2.35. The summed E-state index contributed by atoms with van der Waals surface area (Å²) in [7, 11) is 3.46. The van der Waals surface area contributed by atoms with Crippen molar-refractivity contribution >= 4 is 5.78 Å². The topological polar surface area (TPSA) is 61.5 Å². The van der Waals surface area contributed by atoms with Gasteiger partial charge >= 0.3 is 155 Å². The standard InChI is InChI=1S/C19H27INO3/c1-5-18-11-16(22)15(20-2)10-19(18,24-4)17(21)8-12-6-7-13(23-3)9-14(12)18/h6-7,9,15,17H,5,8,10-11,21H2,1-4H3/q-1. The van der Waals surface area contributed by atoms with Gasteiger partial charge in [0, 0.05) is 0 Å². The Balaban J connectivity index is 2.24. The van der Waals surface area contributed by atoms with Gasteiger partial charge in [-0.25, -0.2) is 0 Å². The van der Waals surface area contributed by atoms with Crippen molar-refractivity contribution in [2.75, 3.05) is 19.2 Å². The molecule has 0 bridgehead atoms. The first-order valence-corrected chi connectivity index (χ1v) is 11.9. The Labute approximate surface area is 154 Å².